The molecule has 158 valence electrons. The number of hydrogen-bond acceptors (Lipinski definition) is 6. The van der Waals surface area contributed by atoms with Gasteiger partial charge < -0.3 is 19.4 Å². The van der Waals surface area contributed by atoms with E-state index in [0.717, 1.165) is 34.2 Å². The Morgan fingerprint density at radius 3 is 2.60 bits per heavy atom. The van der Waals surface area contributed by atoms with Gasteiger partial charge in [-0.25, -0.2) is 0 Å². The van der Waals surface area contributed by atoms with Crippen LogP contribution >= 0.6 is 11.8 Å². The Bertz CT molecular complexity index is 1020. The number of ether oxygens (including phenoxy) is 2. The SMILES string of the molecule is CCn1c(SCC(=O)NCc2cccc(OC)c2OC)nnc1-c1ccccc1C. The number of thioether (sulfide) groups is 1. The lowest BCUT2D eigenvalue weighted by molar-refractivity contribution is -0.118. The van der Waals surface area contributed by atoms with Gasteiger partial charge in [-0.05, 0) is 25.5 Å². The van der Waals surface area contributed by atoms with Gasteiger partial charge in [0, 0.05) is 24.2 Å². The maximum Gasteiger partial charge on any atom is 0.230 e. The van der Waals surface area contributed by atoms with E-state index in [9.17, 15) is 4.79 Å². The molecular formula is C22H26N4O3S. The highest BCUT2D eigenvalue weighted by atomic mass is 32.2. The third-order valence-electron chi connectivity index (χ3n) is 4.71. The van der Waals surface area contributed by atoms with E-state index in [-0.39, 0.29) is 11.7 Å². The fourth-order valence-corrected chi connectivity index (χ4v) is 4.00. The van der Waals surface area contributed by atoms with E-state index in [1.165, 1.54) is 11.8 Å². The van der Waals surface area contributed by atoms with Crippen LogP contribution in [0, 0.1) is 6.92 Å². The number of carbonyl (C=O) groups excluding carboxylic acids is 1. The van der Waals surface area contributed by atoms with E-state index < -0.39 is 0 Å². The molecule has 1 aromatic heterocycles. The van der Waals surface area contributed by atoms with Crippen molar-refractivity contribution in [1.29, 1.82) is 0 Å². The van der Waals surface area contributed by atoms with Gasteiger partial charge in [-0.1, -0.05) is 48.2 Å². The van der Waals surface area contributed by atoms with Crippen LogP contribution in [0.4, 0.5) is 0 Å². The van der Waals surface area contributed by atoms with Crippen LogP contribution in [0.1, 0.15) is 18.1 Å². The summed E-state index contributed by atoms with van der Waals surface area (Å²) in [5.74, 6) is 2.24. The highest BCUT2D eigenvalue weighted by molar-refractivity contribution is 7.99. The first-order valence-corrected chi connectivity index (χ1v) is 10.7. The van der Waals surface area contributed by atoms with Crippen molar-refractivity contribution in [3.05, 3.63) is 53.6 Å². The maximum absolute atomic E-state index is 12.4. The molecule has 3 aromatic rings. The zero-order chi connectivity index (χ0) is 21.5. The number of aromatic nitrogens is 3. The molecule has 0 aliphatic carbocycles. The third-order valence-corrected chi connectivity index (χ3v) is 5.68. The molecule has 0 aliphatic heterocycles. The van der Waals surface area contributed by atoms with Gasteiger partial charge in [-0.2, -0.15) is 0 Å². The van der Waals surface area contributed by atoms with Crippen molar-refractivity contribution in [3.8, 4) is 22.9 Å². The van der Waals surface area contributed by atoms with Crippen LogP contribution in [0.25, 0.3) is 11.4 Å². The fourth-order valence-electron chi connectivity index (χ4n) is 3.17. The largest absolute Gasteiger partial charge is 0.493 e. The molecular weight excluding hydrogens is 400 g/mol. The first-order valence-electron chi connectivity index (χ1n) is 9.67. The molecule has 0 aliphatic rings. The van der Waals surface area contributed by atoms with Gasteiger partial charge in [0.1, 0.15) is 0 Å². The second kappa shape index (κ2) is 10.2. The third kappa shape index (κ3) is 4.76. The molecule has 0 saturated heterocycles. The number of hydrogen-bond donors (Lipinski definition) is 1. The lowest BCUT2D eigenvalue weighted by Crippen LogP contribution is -2.25. The quantitative estimate of drug-likeness (QED) is 0.526. The predicted molar refractivity (Wildman–Crippen MR) is 118 cm³/mol. The van der Waals surface area contributed by atoms with Gasteiger partial charge in [0.2, 0.25) is 5.91 Å². The summed E-state index contributed by atoms with van der Waals surface area (Å²) in [4.78, 5) is 12.4. The maximum atomic E-state index is 12.4. The van der Waals surface area contributed by atoms with Crippen molar-refractivity contribution in [1.82, 2.24) is 20.1 Å². The van der Waals surface area contributed by atoms with E-state index in [0.29, 0.717) is 18.0 Å². The van der Waals surface area contributed by atoms with Crippen LogP contribution in [-0.2, 0) is 17.9 Å². The van der Waals surface area contributed by atoms with Crippen molar-refractivity contribution in [2.45, 2.75) is 32.1 Å². The molecule has 0 atom stereocenters. The number of rotatable bonds is 9. The Hall–Kier alpha value is -3.00. The molecule has 0 spiro atoms. The van der Waals surface area contributed by atoms with Crippen molar-refractivity contribution < 1.29 is 14.3 Å². The van der Waals surface area contributed by atoms with Crippen LogP contribution in [0.2, 0.25) is 0 Å². The summed E-state index contributed by atoms with van der Waals surface area (Å²) in [5, 5.41) is 12.3. The summed E-state index contributed by atoms with van der Waals surface area (Å²) in [5.41, 5.74) is 3.04. The molecule has 0 fully saturated rings. The van der Waals surface area contributed by atoms with Crippen LogP contribution in [0.5, 0.6) is 11.5 Å². The number of para-hydroxylation sites is 1. The number of aryl methyl sites for hydroxylation is 1. The van der Waals surface area contributed by atoms with E-state index in [1.54, 1.807) is 14.2 Å². The van der Waals surface area contributed by atoms with Gasteiger partial charge in [0.05, 0.1) is 20.0 Å². The van der Waals surface area contributed by atoms with Gasteiger partial charge in [0.25, 0.3) is 0 Å². The van der Waals surface area contributed by atoms with Crippen LogP contribution in [0.15, 0.2) is 47.6 Å². The molecule has 0 bridgehead atoms. The molecule has 30 heavy (non-hydrogen) atoms. The Balaban J connectivity index is 1.64. The van der Waals surface area contributed by atoms with Crippen molar-refractivity contribution in [2.75, 3.05) is 20.0 Å². The first-order chi connectivity index (χ1) is 14.6. The molecule has 0 radical (unpaired) electrons. The standard InChI is InChI=1S/C22H26N4O3S/c1-5-26-21(17-11-7-6-9-15(17)2)24-25-22(26)30-14-19(27)23-13-16-10-8-12-18(28-3)20(16)29-4/h6-12H,5,13-14H2,1-4H3,(H,23,27). The summed E-state index contributed by atoms with van der Waals surface area (Å²) < 4.78 is 12.7. The van der Waals surface area contributed by atoms with Gasteiger partial charge in [-0.15, -0.1) is 10.2 Å². The summed E-state index contributed by atoms with van der Waals surface area (Å²) in [6.45, 7) is 5.18. The van der Waals surface area contributed by atoms with Gasteiger partial charge in [0.15, 0.2) is 22.5 Å². The second-order valence-electron chi connectivity index (χ2n) is 6.58. The second-order valence-corrected chi connectivity index (χ2v) is 7.53. The minimum absolute atomic E-state index is 0.0898. The topological polar surface area (TPSA) is 78.3 Å². The fraction of sp³-hybridized carbons (Fsp3) is 0.318. The van der Waals surface area contributed by atoms with E-state index in [2.05, 4.69) is 28.5 Å². The first kappa shape index (κ1) is 21.7. The molecule has 1 N–H and O–H groups in total. The zero-order valence-corrected chi connectivity index (χ0v) is 18.5. The lowest BCUT2D eigenvalue weighted by Gasteiger charge is -2.13. The number of benzene rings is 2. The zero-order valence-electron chi connectivity index (χ0n) is 17.6. The lowest BCUT2D eigenvalue weighted by atomic mass is 10.1. The number of amides is 1. The average Bonchev–Trinajstić information content (AvgIpc) is 3.18. The average molecular weight is 427 g/mol. The van der Waals surface area contributed by atoms with Crippen molar-refractivity contribution >= 4 is 17.7 Å². The minimum atomic E-state index is -0.0898. The highest BCUT2D eigenvalue weighted by Crippen LogP contribution is 2.30. The van der Waals surface area contributed by atoms with E-state index >= 15 is 0 Å². The smallest absolute Gasteiger partial charge is 0.230 e. The number of nitrogens with one attached hydrogen (secondary N) is 1. The monoisotopic (exact) mass is 426 g/mol. The number of carbonyl (C=O) groups is 1. The summed E-state index contributed by atoms with van der Waals surface area (Å²) in [7, 11) is 3.18. The Kier molecular flexibility index (Phi) is 7.35. The molecule has 0 unspecified atom stereocenters. The van der Waals surface area contributed by atoms with Crippen molar-refractivity contribution in [2.24, 2.45) is 0 Å². The molecule has 3 rings (SSSR count). The molecule has 0 saturated carbocycles. The Labute approximate surface area is 180 Å². The molecule has 8 heteroatoms. The van der Waals surface area contributed by atoms with Crippen LogP contribution < -0.4 is 14.8 Å². The van der Waals surface area contributed by atoms with E-state index in [4.69, 9.17) is 9.47 Å². The molecule has 7 nitrogen and oxygen atoms in total. The molecule has 1 heterocycles. The summed E-state index contributed by atoms with van der Waals surface area (Å²) >= 11 is 1.38. The molecule has 1 amide bonds. The van der Waals surface area contributed by atoms with E-state index in [1.807, 2.05) is 47.9 Å². The normalized spacial score (nSPS) is 10.7. The van der Waals surface area contributed by atoms with Crippen LogP contribution in [-0.4, -0.2) is 40.6 Å². The highest BCUT2D eigenvalue weighted by Gasteiger charge is 2.16. The van der Waals surface area contributed by atoms with Crippen LogP contribution in [0.3, 0.4) is 0 Å². The summed E-state index contributed by atoms with van der Waals surface area (Å²) in [6.07, 6.45) is 0. The Morgan fingerprint density at radius 1 is 1.10 bits per heavy atom. The van der Waals surface area contributed by atoms with Gasteiger partial charge >= 0.3 is 0 Å². The number of methoxy groups -OCH3 is 2. The molecule has 2 aromatic carbocycles. The minimum Gasteiger partial charge on any atom is -0.493 e. The van der Waals surface area contributed by atoms with Gasteiger partial charge in [-0.3, -0.25) is 4.79 Å². The summed E-state index contributed by atoms with van der Waals surface area (Å²) in [6, 6.07) is 13.7. The Morgan fingerprint density at radius 2 is 1.90 bits per heavy atom. The van der Waals surface area contributed by atoms with Crippen molar-refractivity contribution in [3.63, 3.8) is 0 Å². The predicted octanol–water partition coefficient (Wildman–Crippen LogP) is 3.70. The number of nitrogens with zero attached hydrogens (tertiary/aromatic N) is 3.